The standard InChI is InChI=1S/C20H24Cl2N2O4S/c1-5-17(20(25)23-13(2)15-8-6-7-9-19(15)28-3)24(29(4,26)27)18-12-14(21)10-11-16(18)22/h6-13,17H,5H2,1-4H3,(H,23,25)/t13-,17+/m0/s1. The molecule has 0 aliphatic carbocycles. The average Bonchev–Trinajstić information content (AvgIpc) is 2.66. The second kappa shape index (κ2) is 9.69. The molecule has 9 heteroatoms. The maximum absolute atomic E-state index is 13.1. The minimum absolute atomic E-state index is 0.161. The monoisotopic (exact) mass is 458 g/mol. The van der Waals surface area contributed by atoms with E-state index in [0.29, 0.717) is 10.8 Å². The number of rotatable bonds is 8. The zero-order valence-corrected chi connectivity index (χ0v) is 19.0. The van der Waals surface area contributed by atoms with Gasteiger partial charge in [-0.25, -0.2) is 8.42 Å². The van der Waals surface area contributed by atoms with Crippen LogP contribution >= 0.6 is 23.2 Å². The molecule has 158 valence electrons. The molecule has 29 heavy (non-hydrogen) atoms. The van der Waals surface area contributed by atoms with E-state index in [1.165, 1.54) is 12.1 Å². The van der Waals surface area contributed by atoms with Gasteiger partial charge in [0.25, 0.3) is 0 Å². The lowest BCUT2D eigenvalue weighted by Gasteiger charge is -2.31. The van der Waals surface area contributed by atoms with Crippen LogP contribution in [0.25, 0.3) is 0 Å². The smallest absolute Gasteiger partial charge is 0.244 e. The highest BCUT2D eigenvalue weighted by atomic mass is 35.5. The Balaban J connectivity index is 2.40. The fraction of sp³-hybridized carbons (Fsp3) is 0.350. The van der Waals surface area contributed by atoms with E-state index >= 15 is 0 Å². The normalized spacial score (nSPS) is 13.4. The van der Waals surface area contributed by atoms with Crippen molar-refractivity contribution in [1.82, 2.24) is 5.32 Å². The second-order valence-electron chi connectivity index (χ2n) is 6.55. The summed E-state index contributed by atoms with van der Waals surface area (Å²) in [5, 5.41) is 3.38. The number of hydrogen-bond acceptors (Lipinski definition) is 4. The first kappa shape index (κ1) is 23.3. The van der Waals surface area contributed by atoms with E-state index in [9.17, 15) is 13.2 Å². The first-order chi connectivity index (χ1) is 13.6. The average molecular weight is 459 g/mol. The Bertz CT molecular complexity index is 982. The minimum Gasteiger partial charge on any atom is -0.496 e. The SMILES string of the molecule is CC[C@H](C(=O)N[C@@H](C)c1ccccc1OC)N(c1cc(Cl)ccc1Cl)S(C)(=O)=O. The van der Waals surface area contributed by atoms with E-state index in [1.54, 1.807) is 33.1 Å². The topological polar surface area (TPSA) is 75.7 Å². The molecular formula is C20H24Cl2N2O4S. The molecule has 0 fully saturated rings. The van der Waals surface area contributed by atoms with Crippen molar-refractivity contribution in [2.24, 2.45) is 0 Å². The summed E-state index contributed by atoms with van der Waals surface area (Å²) in [4.78, 5) is 13.1. The van der Waals surface area contributed by atoms with E-state index in [4.69, 9.17) is 27.9 Å². The molecule has 0 saturated carbocycles. The molecule has 6 nitrogen and oxygen atoms in total. The number of methoxy groups -OCH3 is 1. The van der Waals surface area contributed by atoms with Gasteiger partial charge < -0.3 is 10.1 Å². The van der Waals surface area contributed by atoms with Gasteiger partial charge in [0.05, 0.1) is 30.1 Å². The first-order valence-electron chi connectivity index (χ1n) is 8.97. The molecule has 0 saturated heterocycles. The van der Waals surface area contributed by atoms with Crippen LogP contribution in [0.5, 0.6) is 5.75 Å². The fourth-order valence-corrected chi connectivity index (χ4v) is 4.74. The Labute approximate surface area is 181 Å². The number of para-hydroxylation sites is 1. The lowest BCUT2D eigenvalue weighted by atomic mass is 10.1. The number of carbonyl (C=O) groups excluding carboxylic acids is 1. The second-order valence-corrected chi connectivity index (χ2v) is 9.25. The predicted molar refractivity (Wildman–Crippen MR) is 117 cm³/mol. The van der Waals surface area contributed by atoms with Crippen LogP contribution < -0.4 is 14.4 Å². The molecule has 0 unspecified atom stereocenters. The molecule has 2 aromatic carbocycles. The number of benzene rings is 2. The molecule has 1 N–H and O–H groups in total. The largest absolute Gasteiger partial charge is 0.496 e. The van der Waals surface area contributed by atoms with Gasteiger partial charge >= 0.3 is 0 Å². The molecule has 0 radical (unpaired) electrons. The Morgan fingerprint density at radius 3 is 2.45 bits per heavy atom. The Morgan fingerprint density at radius 1 is 1.21 bits per heavy atom. The fourth-order valence-electron chi connectivity index (χ4n) is 3.10. The van der Waals surface area contributed by atoms with Crippen LogP contribution in [0, 0.1) is 0 Å². The Morgan fingerprint density at radius 2 is 1.86 bits per heavy atom. The molecule has 1 amide bonds. The third-order valence-corrected chi connectivity index (χ3v) is 6.16. The predicted octanol–water partition coefficient (Wildman–Crippen LogP) is 4.42. The summed E-state index contributed by atoms with van der Waals surface area (Å²) in [5.74, 6) is 0.179. The van der Waals surface area contributed by atoms with E-state index < -0.39 is 28.0 Å². The Kier molecular flexibility index (Phi) is 7.80. The molecule has 0 spiro atoms. The van der Waals surface area contributed by atoms with Gasteiger partial charge in [-0.2, -0.15) is 0 Å². The van der Waals surface area contributed by atoms with Gasteiger partial charge in [-0.1, -0.05) is 48.3 Å². The first-order valence-corrected chi connectivity index (χ1v) is 11.6. The van der Waals surface area contributed by atoms with Crippen LogP contribution in [-0.2, 0) is 14.8 Å². The number of halogens is 2. The van der Waals surface area contributed by atoms with Crippen molar-refractivity contribution >= 4 is 44.8 Å². The summed E-state index contributed by atoms with van der Waals surface area (Å²) in [6.07, 6.45) is 1.27. The highest BCUT2D eigenvalue weighted by molar-refractivity contribution is 7.92. The van der Waals surface area contributed by atoms with Crippen molar-refractivity contribution in [3.8, 4) is 5.75 Å². The summed E-state index contributed by atoms with van der Waals surface area (Å²) in [7, 11) is -2.27. The van der Waals surface area contributed by atoms with Gasteiger partial charge in [0, 0.05) is 10.6 Å². The zero-order valence-electron chi connectivity index (χ0n) is 16.6. The van der Waals surface area contributed by atoms with Gasteiger partial charge in [-0.15, -0.1) is 0 Å². The number of carbonyl (C=O) groups is 1. The van der Waals surface area contributed by atoms with Gasteiger partial charge in [-0.3, -0.25) is 9.10 Å². The van der Waals surface area contributed by atoms with Crippen LogP contribution in [0.2, 0.25) is 10.0 Å². The quantitative estimate of drug-likeness (QED) is 0.634. The number of nitrogens with zero attached hydrogens (tertiary/aromatic N) is 1. The van der Waals surface area contributed by atoms with Crippen LogP contribution in [0.3, 0.4) is 0 Å². The Hall–Kier alpha value is -1.96. The lowest BCUT2D eigenvalue weighted by Crippen LogP contribution is -2.49. The third-order valence-electron chi connectivity index (χ3n) is 4.44. The number of ether oxygens (including phenoxy) is 1. The van der Waals surface area contributed by atoms with Crippen molar-refractivity contribution in [3.05, 3.63) is 58.1 Å². The summed E-state index contributed by atoms with van der Waals surface area (Å²) in [6, 6.07) is 10.4. The number of hydrogen-bond donors (Lipinski definition) is 1. The summed E-state index contributed by atoms with van der Waals surface area (Å²) in [5.41, 5.74) is 0.943. The van der Waals surface area contributed by atoms with E-state index in [0.717, 1.165) is 16.1 Å². The van der Waals surface area contributed by atoms with Crippen molar-refractivity contribution in [2.75, 3.05) is 17.7 Å². The van der Waals surface area contributed by atoms with Crippen LogP contribution in [0.1, 0.15) is 31.9 Å². The molecule has 2 atom stereocenters. The third kappa shape index (κ3) is 5.56. The van der Waals surface area contributed by atoms with Gasteiger partial charge in [-0.05, 0) is 37.6 Å². The summed E-state index contributed by atoms with van der Waals surface area (Å²) in [6.45, 7) is 3.54. The zero-order chi connectivity index (χ0) is 21.8. The van der Waals surface area contributed by atoms with Gasteiger partial charge in [0.1, 0.15) is 11.8 Å². The summed E-state index contributed by atoms with van der Waals surface area (Å²) < 4.78 is 31.5. The van der Waals surface area contributed by atoms with Gasteiger partial charge in [0.2, 0.25) is 15.9 Å². The molecule has 2 rings (SSSR count). The van der Waals surface area contributed by atoms with Crippen molar-refractivity contribution in [1.29, 1.82) is 0 Å². The van der Waals surface area contributed by atoms with E-state index in [1.807, 2.05) is 18.2 Å². The molecular weight excluding hydrogens is 435 g/mol. The summed E-state index contributed by atoms with van der Waals surface area (Å²) >= 11 is 12.3. The number of amides is 1. The van der Waals surface area contributed by atoms with Crippen LogP contribution in [0.4, 0.5) is 5.69 Å². The molecule has 0 bridgehead atoms. The van der Waals surface area contributed by atoms with E-state index in [2.05, 4.69) is 5.32 Å². The minimum atomic E-state index is -3.82. The molecule has 0 aromatic heterocycles. The van der Waals surface area contributed by atoms with Crippen molar-refractivity contribution in [3.63, 3.8) is 0 Å². The lowest BCUT2D eigenvalue weighted by molar-refractivity contribution is -0.122. The van der Waals surface area contributed by atoms with E-state index in [-0.39, 0.29) is 17.1 Å². The van der Waals surface area contributed by atoms with Gasteiger partial charge in [0.15, 0.2) is 0 Å². The molecule has 0 aliphatic rings. The van der Waals surface area contributed by atoms with Crippen LogP contribution in [-0.4, -0.2) is 33.7 Å². The maximum atomic E-state index is 13.1. The number of anilines is 1. The van der Waals surface area contributed by atoms with Crippen molar-refractivity contribution < 1.29 is 17.9 Å². The van der Waals surface area contributed by atoms with Crippen molar-refractivity contribution in [2.45, 2.75) is 32.4 Å². The molecule has 0 heterocycles. The maximum Gasteiger partial charge on any atom is 0.244 e. The highest BCUT2D eigenvalue weighted by Crippen LogP contribution is 2.33. The molecule has 0 aliphatic heterocycles. The van der Waals surface area contributed by atoms with Crippen LogP contribution in [0.15, 0.2) is 42.5 Å². The number of sulfonamides is 1. The number of nitrogens with one attached hydrogen (secondary N) is 1. The molecule has 2 aromatic rings. The highest BCUT2D eigenvalue weighted by Gasteiger charge is 2.33.